The number of anilines is 1. The van der Waals surface area contributed by atoms with Gasteiger partial charge < -0.3 is 5.32 Å². The van der Waals surface area contributed by atoms with Crippen molar-refractivity contribution < 1.29 is 4.79 Å². The third-order valence-electron chi connectivity index (χ3n) is 3.00. The lowest BCUT2D eigenvalue weighted by atomic mass is 10.0. The molecule has 0 aliphatic heterocycles. The average molecular weight is 243 g/mol. The second-order valence-corrected chi connectivity index (χ2v) is 4.58. The number of aryl methyl sites for hydroxylation is 4. The minimum atomic E-state index is -0.0937. The number of aromatic nitrogens is 2. The number of rotatable bonds is 2. The van der Waals surface area contributed by atoms with Crippen LogP contribution < -0.4 is 5.32 Å². The van der Waals surface area contributed by atoms with Gasteiger partial charge in [0.05, 0.1) is 17.1 Å². The fraction of sp³-hybridized carbons (Fsp3) is 0.286. The predicted molar refractivity (Wildman–Crippen MR) is 71.9 cm³/mol. The Kier molecular flexibility index (Phi) is 3.19. The molecule has 18 heavy (non-hydrogen) atoms. The number of carbonyl (C=O) groups is 1. The van der Waals surface area contributed by atoms with Crippen molar-refractivity contribution in [2.45, 2.75) is 27.7 Å². The van der Waals surface area contributed by atoms with Crippen molar-refractivity contribution in [3.05, 3.63) is 46.3 Å². The highest BCUT2D eigenvalue weighted by atomic mass is 16.1. The average Bonchev–Trinajstić information content (AvgIpc) is 2.64. The van der Waals surface area contributed by atoms with Crippen LogP contribution in [0.25, 0.3) is 0 Å². The van der Waals surface area contributed by atoms with E-state index in [1.54, 1.807) is 0 Å². The van der Waals surface area contributed by atoms with E-state index in [0.29, 0.717) is 5.56 Å². The molecule has 0 fully saturated rings. The maximum atomic E-state index is 12.2. The van der Waals surface area contributed by atoms with E-state index >= 15 is 0 Å². The number of benzene rings is 1. The molecule has 2 aromatic rings. The fourth-order valence-corrected chi connectivity index (χ4v) is 1.90. The number of hydrogen-bond acceptors (Lipinski definition) is 2. The quantitative estimate of drug-likeness (QED) is 0.852. The molecule has 4 heteroatoms. The number of carbonyl (C=O) groups excluding carboxylic acids is 1. The number of nitrogens with zero attached hydrogens (tertiary/aromatic N) is 1. The van der Waals surface area contributed by atoms with E-state index in [-0.39, 0.29) is 5.91 Å². The summed E-state index contributed by atoms with van der Waals surface area (Å²) in [6, 6.07) is 5.86. The first-order valence-corrected chi connectivity index (χ1v) is 5.89. The Morgan fingerprint density at radius 3 is 2.56 bits per heavy atom. The van der Waals surface area contributed by atoms with Crippen molar-refractivity contribution in [1.82, 2.24) is 10.2 Å². The second-order valence-electron chi connectivity index (χ2n) is 4.58. The van der Waals surface area contributed by atoms with Crippen LogP contribution in [0.4, 0.5) is 5.69 Å². The molecule has 1 heterocycles. The van der Waals surface area contributed by atoms with E-state index in [0.717, 1.165) is 28.2 Å². The fourth-order valence-electron chi connectivity index (χ4n) is 1.90. The summed E-state index contributed by atoms with van der Waals surface area (Å²) >= 11 is 0. The zero-order chi connectivity index (χ0) is 13.3. The minimum Gasteiger partial charge on any atom is -0.319 e. The van der Waals surface area contributed by atoms with Crippen molar-refractivity contribution in [1.29, 1.82) is 0 Å². The first kappa shape index (κ1) is 12.4. The highest BCUT2D eigenvalue weighted by molar-refractivity contribution is 6.05. The van der Waals surface area contributed by atoms with Gasteiger partial charge in [0.1, 0.15) is 0 Å². The summed E-state index contributed by atoms with van der Waals surface area (Å²) in [5.41, 5.74) is 5.18. The number of amides is 1. The largest absolute Gasteiger partial charge is 0.319 e. The molecule has 0 saturated carbocycles. The molecule has 0 saturated heterocycles. The molecular weight excluding hydrogens is 226 g/mol. The molecular formula is C14H17N3O. The maximum Gasteiger partial charge on any atom is 0.256 e. The summed E-state index contributed by atoms with van der Waals surface area (Å²) in [6.07, 6.45) is 0. The molecule has 0 radical (unpaired) electrons. The van der Waals surface area contributed by atoms with E-state index in [1.807, 2.05) is 45.9 Å². The van der Waals surface area contributed by atoms with Crippen LogP contribution >= 0.6 is 0 Å². The van der Waals surface area contributed by atoms with Crippen molar-refractivity contribution in [3.63, 3.8) is 0 Å². The van der Waals surface area contributed by atoms with Gasteiger partial charge in [0.25, 0.3) is 5.91 Å². The second kappa shape index (κ2) is 4.64. The molecule has 94 valence electrons. The molecule has 2 rings (SSSR count). The van der Waals surface area contributed by atoms with Crippen LogP contribution in [-0.4, -0.2) is 16.1 Å². The molecule has 0 bridgehead atoms. The lowest BCUT2D eigenvalue weighted by Gasteiger charge is -2.08. The SMILES string of the molecule is Cc1ccc(C)c(C(=O)Nc2c(C)n[nH]c2C)c1. The van der Waals surface area contributed by atoms with Gasteiger partial charge in [-0.05, 0) is 39.3 Å². The van der Waals surface area contributed by atoms with Gasteiger partial charge in [0.15, 0.2) is 0 Å². The highest BCUT2D eigenvalue weighted by Crippen LogP contribution is 2.18. The maximum absolute atomic E-state index is 12.2. The number of hydrogen-bond donors (Lipinski definition) is 2. The van der Waals surface area contributed by atoms with E-state index in [9.17, 15) is 4.79 Å². The number of aromatic amines is 1. The standard InChI is InChI=1S/C14H17N3O/c1-8-5-6-9(2)12(7-8)14(18)15-13-10(3)16-17-11(13)4/h5-7H,1-4H3,(H,15,18)(H,16,17). The molecule has 1 aromatic heterocycles. The Hall–Kier alpha value is -2.10. The van der Waals surface area contributed by atoms with Gasteiger partial charge in [-0.2, -0.15) is 5.10 Å². The summed E-state index contributed by atoms with van der Waals surface area (Å²) in [7, 11) is 0. The van der Waals surface area contributed by atoms with Crippen LogP contribution in [0.2, 0.25) is 0 Å². The zero-order valence-corrected chi connectivity index (χ0v) is 11.1. The van der Waals surface area contributed by atoms with Crippen LogP contribution in [0.5, 0.6) is 0 Å². The van der Waals surface area contributed by atoms with Gasteiger partial charge in [-0.1, -0.05) is 17.7 Å². The van der Waals surface area contributed by atoms with Crippen LogP contribution in [0, 0.1) is 27.7 Å². The van der Waals surface area contributed by atoms with Gasteiger partial charge in [-0.15, -0.1) is 0 Å². The molecule has 0 unspecified atom stereocenters. The summed E-state index contributed by atoms with van der Waals surface area (Å²) in [5, 5.41) is 9.83. The summed E-state index contributed by atoms with van der Waals surface area (Å²) in [4.78, 5) is 12.2. The first-order valence-electron chi connectivity index (χ1n) is 5.89. The van der Waals surface area contributed by atoms with Gasteiger partial charge in [0, 0.05) is 5.56 Å². The lowest BCUT2D eigenvalue weighted by molar-refractivity contribution is 0.102. The first-order chi connectivity index (χ1) is 8.49. The molecule has 2 N–H and O–H groups in total. The van der Waals surface area contributed by atoms with Crippen LogP contribution in [0.1, 0.15) is 32.9 Å². The topological polar surface area (TPSA) is 57.8 Å². The Labute approximate surface area is 106 Å². The summed E-state index contributed by atoms with van der Waals surface area (Å²) in [5.74, 6) is -0.0937. The Balaban J connectivity index is 2.30. The van der Waals surface area contributed by atoms with E-state index in [1.165, 1.54) is 0 Å². The lowest BCUT2D eigenvalue weighted by Crippen LogP contribution is -2.14. The van der Waals surface area contributed by atoms with Crippen LogP contribution in [0.15, 0.2) is 18.2 Å². The third kappa shape index (κ3) is 2.27. The molecule has 0 atom stereocenters. The van der Waals surface area contributed by atoms with Gasteiger partial charge >= 0.3 is 0 Å². The highest BCUT2D eigenvalue weighted by Gasteiger charge is 2.13. The van der Waals surface area contributed by atoms with Crippen LogP contribution in [-0.2, 0) is 0 Å². The van der Waals surface area contributed by atoms with Crippen molar-refractivity contribution in [2.75, 3.05) is 5.32 Å². The number of nitrogens with one attached hydrogen (secondary N) is 2. The van der Waals surface area contributed by atoms with Crippen molar-refractivity contribution >= 4 is 11.6 Å². The van der Waals surface area contributed by atoms with Crippen LogP contribution in [0.3, 0.4) is 0 Å². The molecule has 1 amide bonds. The van der Waals surface area contributed by atoms with Crippen molar-refractivity contribution in [2.24, 2.45) is 0 Å². The van der Waals surface area contributed by atoms with Crippen molar-refractivity contribution in [3.8, 4) is 0 Å². The minimum absolute atomic E-state index is 0.0937. The smallest absolute Gasteiger partial charge is 0.256 e. The zero-order valence-electron chi connectivity index (χ0n) is 11.1. The predicted octanol–water partition coefficient (Wildman–Crippen LogP) is 2.90. The van der Waals surface area contributed by atoms with E-state index in [2.05, 4.69) is 15.5 Å². The molecule has 0 spiro atoms. The molecule has 1 aromatic carbocycles. The third-order valence-corrected chi connectivity index (χ3v) is 3.00. The Bertz CT molecular complexity index is 580. The van der Waals surface area contributed by atoms with Gasteiger partial charge in [-0.25, -0.2) is 0 Å². The van der Waals surface area contributed by atoms with E-state index < -0.39 is 0 Å². The molecule has 0 aliphatic carbocycles. The van der Waals surface area contributed by atoms with Gasteiger partial charge in [-0.3, -0.25) is 9.89 Å². The van der Waals surface area contributed by atoms with E-state index in [4.69, 9.17) is 0 Å². The molecule has 0 aliphatic rings. The Morgan fingerprint density at radius 2 is 1.94 bits per heavy atom. The number of H-pyrrole nitrogens is 1. The normalized spacial score (nSPS) is 10.4. The summed E-state index contributed by atoms with van der Waals surface area (Å²) < 4.78 is 0. The Morgan fingerprint density at radius 1 is 1.22 bits per heavy atom. The monoisotopic (exact) mass is 243 g/mol. The molecule has 4 nitrogen and oxygen atoms in total. The summed E-state index contributed by atoms with van der Waals surface area (Å²) in [6.45, 7) is 7.66. The van der Waals surface area contributed by atoms with Gasteiger partial charge in [0.2, 0.25) is 0 Å².